The number of aromatic nitrogens is 3. The van der Waals surface area contributed by atoms with Gasteiger partial charge < -0.3 is 14.0 Å². The topological polar surface area (TPSA) is 67.1 Å². The lowest BCUT2D eigenvalue weighted by molar-refractivity contribution is 0.114. The third-order valence-electron chi connectivity index (χ3n) is 5.42. The minimum atomic E-state index is 0.0745. The minimum Gasteiger partial charge on any atom is -0.472 e. The van der Waals surface area contributed by atoms with Crippen LogP contribution in [0.1, 0.15) is 23.6 Å². The molecular weight excluding hydrogens is 316 g/mol. The van der Waals surface area contributed by atoms with Crippen molar-refractivity contribution in [1.82, 2.24) is 19.4 Å². The number of likely N-dealkylation sites (tertiary alicyclic amines) is 1. The van der Waals surface area contributed by atoms with E-state index in [1.165, 1.54) is 12.0 Å². The molecule has 0 spiro atoms. The van der Waals surface area contributed by atoms with Gasteiger partial charge in [0.25, 0.3) is 5.56 Å². The van der Waals surface area contributed by atoms with Crippen molar-refractivity contribution in [3.63, 3.8) is 0 Å². The van der Waals surface area contributed by atoms with Crippen molar-refractivity contribution >= 4 is 0 Å². The molecule has 6 nitrogen and oxygen atoms in total. The fourth-order valence-electron chi connectivity index (χ4n) is 4.41. The van der Waals surface area contributed by atoms with E-state index in [4.69, 9.17) is 4.42 Å². The number of rotatable bonds is 3. The number of pyridine rings is 1. The Bertz CT molecular complexity index is 927. The second kappa shape index (κ2) is 5.74. The van der Waals surface area contributed by atoms with Crippen LogP contribution in [0.25, 0.3) is 11.4 Å². The van der Waals surface area contributed by atoms with Crippen molar-refractivity contribution in [3.8, 4) is 11.4 Å². The summed E-state index contributed by atoms with van der Waals surface area (Å²) in [5, 5.41) is 0. The average Bonchev–Trinajstić information content (AvgIpc) is 3.29. The van der Waals surface area contributed by atoms with Gasteiger partial charge in [0.05, 0.1) is 18.1 Å². The zero-order valence-corrected chi connectivity index (χ0v) is 13.9. The number of aromatic amines is 1. The monoisotopic (exact) mass is 336 g/mol. The molecule has 0 aromatic carbocycles. The summed E-state index contributed by atoms with van der Waals surface area (Å²) in [7, 11) is 0. The highest BCUT2D eigenvalue weighted by Gasteiger charge is 2.35. The van der Waals surface area contributed by atoms with Crippen LogP contribution in [0.15, 0.2) is 52.3 Å². The van der Waals surface area contributed by atoms with Crippen molar-refractivity contribution in [2.75, 3.05) is 13.1 Å². The summed E-state index contributed by atoms with van der Waals surface area (Å²) in [5.74, 6) is 1.58. The Labute approximate surface area is 145 Å². The van der Waals surface area contributed by atoms with Gasteiger partial charge in [-0.2, -0.15) is 0 Å². The number of hydrogen-bond acceptors (Lipinski definition) is 4. The molecule has 0 amide bonds. The van der Waals surface area contributed by atoms with E-state index in [0.29, 0.717) is 23.2 Å². The molecule has 1 saturated heterocycles. The highest BCUT2D eigenvalue weighted by atomic mass is 16.3. The number of hydrogen-bond donors (Lipinski definition) is 1. The van der Waals surface area contributed by atoms with Crippen LogP contribution in [0.5, 0.6) is 0 Å². The summed E-state index contributed by atoms with van der Waals surface area (Å²) in [6, 6.07) is 6.06. The Kier molecular flexibility index (Phi) is 3.38. The molecule has 0 radical (unpaired) electrons. The maximum Gasteiger partial charge on any atom is 0.261 e. The lowest BCUT2D eigenvalue weighted by Crippen LogP contribution is -2.46. The van der Waals surface area contributed by atoms with Gasteiger partial charge in [0.15, 0.2) is 0 Å². The molecule has 2 bridgehead atoms. The van der Waals surface area contributed by atoms with Gasteiger partial charge in [0, 0.05) is 55.7 Å². The molecule has 3 aromatic heterocycles. The standard InChI is InChI=1S/C19H20N4O2/c24-19-16(18-20-4-5-21-18)1-2-17-15-7-14(10-23(17)19)9-22(11-15)8-13-3-6-25-12-13/h1-6,12,14-15H,7-11H2,(H,20,21)/t14-,15+/m0/s1. The van der Waals surface area contributed by atoms with E-state index in [1.807, 2.05) is 23.0 Å². The SMILES string of the molecule is O=c1c(-c2ncc[nH]2)ccc2n1C[C@H]1C[C@@H]2CN(Cc2ccoc2)C1. The Morgan fingerprint density at radius 1 is 1.24 bits per heavy atom. The lowest BCUT2D eigenvalue weighted by Gasteiger charge is -2.42. The van der Waals surface area contributed by atoms with Crippen molar-refractivity contribution < 1.29 is 4.42 Å². The molecule has 6 heteroatoms. The molecule has 1 N–H and O–H groups in total. The summed E-state index contributed by atoms with van der Waals surface area (Å²) < 4.78 is 7.17. The van der Waals surface area contributed by atoms with Gasteiger partial charge >= 0.3 is 0 Å². The van der Waals surface area contributed by atoms with Crippen LogP contribution in [0.4, 0.5) is 0 Å². The van der Waals surface area contributed by atoms with Crippen LogP contribution >= 0.6 is 0 Å². The third-order valence-corrected chi connectivity index (χ3v) is 5.42. The van der Waals surface area contributed by atoms with E-state index < -0.39 is 0 Å². The number of furan rings is 1. The van der Waals surface area contributed by atoms with Crippen molar-refractivity contribution in [3.05, 3.63) is 64.7 Å². The van der Waals surface area contributed by atoms with Gasteiger partial charge in [-0.3, -0.25) is 9.69 Å². The maximum atomic E-state index is 13.0. The number of fused-ring (bicyclic) bond motifs is 4. The number of nitrogens with zero attached hydrogens (tertiary/aromatic N) is 3. The molecule has 2 aliphatic heterocycles. The quantitative estimate of drug-likeness (QED) is 0.798. The molecular formula is C19H20N4O2. The van der Waals surface area contributed by atoms with Crippen molar-refractivity contribution in [2.24, 2.45) is 5.92 Å². The zero-order chi connectivity index (χ0) is 16.8. The Hall–Kier alpha value is -2.60. The van der Waals surface area contributed by atoms with E-state index in [0.717, 1.165) is 31.9 Å². The molecule has 1 fully saturated rings. The van der Waals surface area contributed by atoms with Gasteiger partial charge in [-0.1, -0.05) is 0 Å². The van der Waals surface area contributed by atoms with Crippen LogP contribution in [-0.4, -0.2) is 32.5 Å². The fraction of sp³-hybridized carbons (Fsp3) is 0.368. The number of imidazole rings is 1. The first-order valence-electron chi connectivity index (χ1n) is 8.75. The highest BCUT2D eigenvalue weighted by molar-refractivity contribution is 5.53. The fourth-order valence-corrected chi connectivity index (χ4v) is 4.41. The summed E-state index contributed by atoms with van der Waals surface area (Å²) in [5.41, 5.74) is 3.10. The van der Waals surface area contributed by atoms with E-state index in [9.17, 15) is 4.79 Å². The summed E-state index contributed by atoms with van der Waals surface area (Å²) in [6.45, 7) is 3.72. The molecule has 128 valence electrons. The summed E-state index contributed by atoms with van der Waals surface area (Å²) in [6.07, 6.45) is 8.15. The number of piperidine rings is 1. The number of nitrogens with one attached hydrogen (secondary N) is 1. The normalized spacial score (nSPS) is 22.7. The molecule has 2 atom stereocenters. The Morgan fingerprint density at radius 3 is 3.00 bits per heavy atom. The predicted octanol–water partition coefficient (Wildman–Crippen LogP) is 2.45. The Balaban J connectivity index is 1.46. The van der Waals surface area contributed by atoms with E-state index >= 15 is 0 Å². The first kappa shape index (κ1) is 14.7. The number of H-pyrrole nitrogens is 1. The van der Waals surface area contributed by atoms with Crippen molar-refractivity contribution in [2.45, 2.75) is 25.4 Å². The summed E-state index contributed by atoms with van der Waals surface area (Å²) >= 11 is 0. The van der Waals surface area contributed by atoms with Gasteiger partial charge in [-0.25, -0.2) is 4.98 Å². The van der Waals surface area contributed by atoms with Gasteiger partial charge in [0.2, 0.25) is 0 Å². The predicted molar refractivity (Wildman–Crippen MR) is 93.1 cm³/mol. The largest absolute Gasteiger partial charge is 0.472 e. The molecule has 5 rings (SSSR count). The van der Waals surface area contributed by atoms with Gasteiger partial charge in [0.1, 0.15) is 5.82 Å². The van der Waals surface area contributed by atoms with Crippen LogP contribution in [0, 0.1) is 5.92 Å². The smallest absolute Gasteiger partial charge is 0.261 e. The zero-order valence-electron chi connectivity index (χ0n) is 13.9. The molecule has 3 aromatic rings. The van der Waals surface area contributed by atoms with Gasteiger partial charge in [-0.05, 0) is 30.5 Å². The van der Waals surface area contributed by atoms with Crippen LogP contribution in [-0.2, 0) is 13.1 Å². The third kappa shape index (κ3) is 2.53. The first-order valence-corrected chi connectivity index (χ1v) is 8.75. The second-order valence-electron chi connectivity index (χ2n) is 7.15. The molecule has 2 aliphatic rings. The highest BCUT2D eigenvalue weighted by Crippen LogP contribution is 2.36. The molecule has 5 heterocycles. The maximum absolute atomic E-state index is 13.0. The molecule has 0 saturated carbocycles. The van der Waals surface area contributed by atoms with Crippen molar-refractivity contribution in [1.29, 1.82) is 0 Å². The van der Waals surface area contributed by atoms with E-state index in [1.54, 1.807) is 18.7 Å². The van der Waals surface area contributed by atoms with Crippen LogP contribution in [0.3, 0.4) is 0 Å². The average molecular weight is 336 g/mol. The van der Waals surface area contributed by atoms with Crippen LogP contribution in [0.2, 0.25) is 0 Å². The molecule has 0 aliphatic carbocycles. The van der Waals surface area contributed by atoms with Crippen LogP contribution < -0.4 is 5.56 Å². The lowest BCUT2D eigenvalue weighted by atomic mass is 9.83. The summed E-state index contributed by atoms with van der Waals surface area (Å²) in [4.78, 5) is 22.7. The molecule has 0 unspecified atom stereocenters. The Morgan fingerprint density at radius 2 is 2.20 bits per heavy atom. The molecule has 25 heavy (non-hydrogen) atoms. The second-order valence-corrected chi connectivity index (χ2v) is 7.15. The first-order chi connectivity index (χ1) is 12.3. The van der Waals surface area contributed by atoms with E-state index in [-0.39, 0.29) is 5.56 Å². The van der Waals surface area contributed by atoms with E-state index in [2.05, 4.69) is 20.9 Å². The van der Waals surface area contributed by atoms with Gasteiger partial charge in [-0.15, -0.1) is 0 Å². The minimum absolute atomic E-state index is 0.0745.